The van der Waals surface area contributed by atoms with Crippen LogP contribution in [0.3, 0.4) is 0 Å². The number of benzene rings is 1. The predicted octanol–water partition coefficient (Wildman–Crippen LogP) is 1.61. The molecular formula is C11H11F5O4. The van der Waals surface area contributed by atoms with Gasteiger partial charge in [-0.15, -0.1) is 0 Å². The Labute approximate surface area is 110 Å². The molecule has 9 heteroatoms. The number of aliphatic hydroxyl groups excluding tert-OH is 3. The maximum Gasteiger partial charge on any atom is 0.499 e. The van der Waals surface area contributed by atoms with E-state index < -0.39 is 36.8 Å². The number of aliphatic hydroxyl groups is 3. The molecule has 0 heterocycles. The second-order valence-corrected chi connectivity index (χ2v) is 3.88. The SMILES string of the molecule is OCC(O)C(O)c1ccc(OC(F)(F)C(F)(F)F)cc1. The molecule has 0 spiro atoms. The first kappa shape index (κ1) is 16.6. The summed E-state index contributed by atoms with van der Waals surface area (Å²) in [6.07, 6.45) is -14.2. The summed E-state index contributed by atoms with van der Waals surface area (Å²) in [5.74, 6) is -0.762. The lowest BCUT2D eigenvalue weighted by atomic mass is 10.1. The van der Waals surface area contributed by atoms with Crippen LogP contribution in [0.2, 0.25) is 0 Å². The zero-order chi connectivity index (χ0) is 15.6. The fourth-order valence-electron chi connectivity index (χ4n) is 1.26. The van der Waals surface area contributed by atoms with Crippen molar-refractivity contribution < 1.29 is 42.0 Å². The summed E-state index contributed by atoms with van der Waals surface area (Å²) in [4.78, 5) is 0. The van der Waals surface area contributed by atoms with Gasteiger partial charge in [0.2, 0.25) is 0 Å². The first-order chi connectivity index (χ1) is 9.08. The molecule has 0 aliphatic rings. The van der Waals surface area contributed by atoms with Gasteiger partial charge in [0, 0.05) is 0 Å². The maximum atomic E-state index is 12.6. The first-order valence-corrected chi connectivity index (χ1v) is 5.29. The summed E-state index contributed by atoms with van der Waals surface area (Å²) in [7, 11) is 0. The fourth-order valence-corrected chi connectivity index (χ4v) is 1.26. The molecule has 2 atom stereocenters. The fraction of sp³-hybridized carbons (Fsp3) is 0.455. The lowest BCUT2D eigenvalue weighted by Crippen LogP contribution is -2.41. The zero-order valence-electron chi connectivity index (χ0n) is 9.81. The Bertz CT molecular complexity index is 431. The standard InChI is InChI=1S/C11H11F5O4/c12-10(13,14)11(15,16)20-7-3-1-6(2-4-7)9(19)8(18)5-17/h1-4,8-9,17-19H,5H2. The molecule has 3 N–H and O–H groups in total. The number of halogens is 5. The van der Waals surface area contributed by atoms with Crippen molar-refractivity contribution in [2.75, 3.05) is 6.61 Å². The van der Waals surface area contributed by atoms with E-state index in [0.717, 1.165) is 24.3 Å². The van der Waals surface area contributed by atoms with Crippen molar-refractivity contribution in [1.82, 2.24) is 0 Å². The van der Waals surface area contributed by atoms with Gasteiger partial charge in [0.15, 0.2) is 0 Å². The molecule has 0 fully saturated rings. The second-order valence-electron chi connectivity index (χ2n) is 3.88. The minimum Gasteiger partial charge on any atom is -0.426 e. The number of alkyl halides is 5. The third-order valence-corrected chi connectivity index (χ3v) is 2.35. The third kappa shape index (κ3) is 3.78. The van der Waals surface area contributed by atoms with Crippen LogP contribution in [0.5, 0.6) is 5.75 Å². The molecule has 0 aliphatic carbocycles. The zero-order valence-corrected chi connectivity index (χ0v) is 9.81. The van der Waals surface area contributed by atoms with Crippen LogP contribution in [0.15, 0.2) is 24.3 Å². The van der Waals surface area contributed by atoms with Gasteiger partial charge < -0.3 is 20.1 Å². The van der Waals surface area contributed by atoms with Crippen LogP contribution < -0.4 is 4.74 Å². The van der Waals surface area contributed by atoms with E-state index in [4.69, 9.17) is 10.2 Å². The molecule has 0 amide bonds. The third-order valence-electron chi connectivity index (χ3n) is 2.35. The lowest BCUT2D eigenvalue weighted by molar-refractivity contribution is -0.360. The highest BCUT2D eigenvalue weighted by Gasteiger charge is 2.61. The molecule has 114 valence electrons. The normalized spacial score (nSPS) is 15.8. The van der Waals surface area contributed by atoms with E-state index in [1.807, 2.05) is 0 Å². The van der Waals surface area contributed by atoms with Crippen LogP contribution in [-0.4, -0.2) is 40.3 Å². The molecular weight excluding hydrogens is 291 g/mol. The van der Waals surface area contributed by atoms with Gasteiger partial charge in [0.1, 0.15) is 18.0 Å². The van der Waals surface area contributed by atoms with Crippen molar-refractivity contribution in [2.24, 2.45) is 0 Å². The first-order valence-electron chi connectivity index (χ1n) is 5.29. The van der Waals surface area contributed by atoms with Gasteiger partial charge in [-0.05, 0) is 17.7 Å². The molecule has 1 aromatic rings. The molecule has 0 aliphatic heterocycles. The molecule has 0 radical (unpaired) electrons. The van der Waals surface area contributed by atoms with E-state index in [1.165, 1.54) is 0 Å². The predicted molar refractivity (Wildman–Crippen MR) is 56.1 cm³/mol. The summed E-state index contributed by atoms with van der Waals surface area (Å²) < 4.78 is 64.4. The van der Waals surface area contributed by atoms with Crippen LogP contribution >= 0.6 is 0 Å². The van der Waals surface area contributed by atoms with Gasteiger partial charge in [-0.2, -0.15) is 22.0 Å². The maximum absolute atomic E-state index is 12.6. The van der Waals surface area contributed by atoms with Gasteiger partial charge in [0.05, 0.1) is 6.61 Å². The number of rotatable bonds is 5. The Balaban J connectivity index is 2.82. The van der Waals surface area contributed by atoms with E-state index >= 15 is 0 Å². The highest BCUT2D eigenvalue weighted by molar-refractivity contribution is 5.29. The summed E-state index contributed by atoms with van der Waals surface area (Å²) in [6.45, 7) is -0.744. The molecule has 0 saturated heterocycles. The molecule has 0 bridgehead atoms. The number of ether oxygens (including phenoxy) is 1. The van der Waals surface area contributed by atoms with Gasteiger partial charge in [0.25, 0.3) is 0 Å². The van der Waals surface area contributed by atoms with Crippen LogP contribution in [-0.2, 0) is 0 Å². The summed E-state index contributed by atoms with van der Waals surface area (Å²) in [5.41, 5.74) is 0.0224. The Kier molecular flexibility index (Phi) is 4.90. The van der Waals surface area contributed by atoms with E-state index in [9.17, 15) is 27.1 Å². The van der Waals surface area contributed by atoms with Crippen molar-refractivity contribution in [3.05, 3.63) is 29.8 Å². The Morgan fingerprint density at radius 2 is 1.50 bits per heavy atom. The van der Waals surface area contributed by atoms with Crippen molar-refractivity contribution in [2.45, 2.75) is 24.5 Å². The molecule has 1 rings (SSSR count). The topological polar surface area (TPSA) is 69.9 Å². The van der Waals surface area contributed by atoms with Gasteiger partial charge in [-0.1, -0.05) is 12.1 Å². The number of hydrogen-bond acceptors (Lipinski definition) is 4. The Morgan fingerprint density at radius 1 is 1.00 bits per heavy atom. The highest BCUT2D eigenvalue weighted by Crippen LogP contribution is 2.37. The van der Waals surface area contributed by atoms with Crippen LogP contribution in [0.25, 0.3) is 0 Å². The quantitative estimate of drug-likeness (QED) is 0.723. The Morgan fingerprint density at radius 3 is 1.90 bits per heavy atom. The monoisotopic (exact) mass is 302 g/mol. The molecule has 2 unspecified atom stereocenters. The molecule has 4 nitrogen and oxygen atoms in total. The van der Waals surface area contributed by atoms with E-state index in [0.29, 0.717) is 0 Å². The average molecular weight is 302 g/mol. The minimum absolute atomic E-state index is 0.0224. The van der Waals surface area contributed by atoms with Crippen molar-refractivity contribution in [3.63, 3.8) is 0 Å². The van der Waals surface area contributed by atoms with Crippen LogP contribution in [0.1, 0.15) is 11.7 Å². The van der Waals surface area contributed by atoms with Crippen molar-refractivity contribution in [3.8, 4) is 5.75 Å². The van der Waals surface area contributed by atoms with Crippen molar-refractivity contribution >= 4 is 0 Å². The molecule has 0 aromatic heterocycles. The molecule has 1 aromatic carbocycles. The van der Waals surface area contributed by atoms with Crippen LogP contribution in [0, 0.1) is 0 Å². The van der Waals surface area contributed by atoms with Crippen LogP contribution in [0.4, 0.5) is 22.0 Å². The Hall–Kier alpha value is -1.45. The van der Waals surface area contributed by atoms with Gasteiger partial charge in [-0.3, -0.25) is 0 Å². The largest absolute Gasteiger partial charge is 0.499 e. The summed E-state index contributed by atoms with van der Waals surface area (Å²) in [5, 5.41) is 27.2. The second kappa shape index (κ2) is 5.90. The van der Waals surface area contributed by atoms with E-state index in [2.05, 4.69) is 4.74 Å². The summed E-state index contributed by atoms with van der Waals surface area (Å²) in [6, 6.07) is 3.54. The smallest absolute Gasteiger partial charge is 0.426 e. The van der Waals surface area contributed by atoms with Gasteiger partial charge >= 0.3 is 12.3 Å². The van der Waals surface area contributed by atoms with Gasteiger partial charge in [-0.25, -0.2) is 0 Å². The molecule has 20 heavy (non-hydrogen) atoms. The van der Waals surface area contributed by atoms with E-state index in [-0.39, 0.29) is 5.56 Å². The average Bonchev–Trinajstić information content (AvgIpc) is 2.36. The van der Waals surface area contributed by atoms with Crippen molar-refractivity contribution in [1.29, 1.82) is 0 Å². The summed E-state index contributed by atoms with van der Waals surface area (Å²) >= 11 is 0. The lowest BCUT2D eigenvalue weighted by Gasteiger charge is -2.21. The minimum atomic E-state index is -5.85. The molecule has 0 saturated carbocycles. The van der Waals surface area contributed by atoms with E-state index in [1.54, 1.807) is 0 Å². The number of hydrogen-bond donors (Lipinski definition) is 3. The highest BCUT2D eigenvalue weighted by atomic mass is 19.4.